The molecular formula is C20H36N2O3. The molecule has 2 atom stereocenters. The fraction of sp³-hybridized carbons (Fsp3) is 0.750. The van der Waals surface area contributed by atoms with Gasteiger partial charge in [0.05, 0.1) is 0 Å². The van der Waals surface area contributed by atoms with Gasteiger partial charge in [0.15, 0.2) is 0 Å². The lowest BCUT2D eigenvalue weighted by molar-refractivity contribution is -0.148. The van der Waals surface area contributed by atoms with Crippen LogP contribution in [0.5, 0.6) is 0 Å². The van der Waals surface area contributed by atoms with Gasteiger partial charge >= 0.3 is 5.97 Å². The molecule has 1 aliphatic carbocycles. The Kier molecular flexibility index (Phi) is 12.7. The van der Waals surface area contributed by atoms with Crippen molar-refractivity contribution >= 4 is 18.1 Å². The number of hydrogen-bond donors (Lipinski definition) is 2. The summed E-state index contributed by atoms with van der Waals surface area (Å²) in [6.45, 7) is 8.36. The third kappa shape index (κ3) is 10.7. The van der Waals surface area contributed by atoms with Crippen LogP contribution in [0.25, 0.3) is 0 Å². The van der Waals surface area contributed by atoms with Crippen LogP contribution in [0, 0.1) is 17.2 Å². The minimum atomic E-state index is -0.274. The monoisotopic (exact) mass is 352 g/mol. The first kappa shape index (κ1) is 23.4. The molecule has 0 aromatic heterocycles. The molecule has 1 unspecified atom stereocenters. The summed E-state index contributed by atoms with van der Waals surface area (Å²) in [5.74, 6) is 0.558. The third-order valence-electron chi connectivity index (χ3n) is 4.40. The largest absolute Gasteiger partial charge is 0.459 e. The van der Waals surface area contributed by atoms with E-state index in [0.717, 1.165) is 44.1 Å². The lowest BCUT2D eigenvalue weighted by Gasteiger charge is -2.33. The minimum Gasteiger partial charge on any atom is -0.459 e. The quantitative estimate of drug-likeness (QED) is 0.385. The number of carbonyl (C=O) groups is 2. The molecule has 0 aliphatic heterocycles. The predicted molar refractivity (Wildman–Crippen MR) is 103 cm³/mol. The number of esters is 1. The number of nitrogens with two attached hydrogens (primary N) is 1. The molecular weight excluding hydrogens is 316 g/mol. The highest BCUT2D eigenvalue weighted by atomic mass is 16.5. The standard InChI is InChI=1S/C16H27NO2.C4H9NO/c1-4-7-13(11-17)10-16(18)19-15-9-6-5-8-14(15)12(2)3;1-2-3-4(5)6/h10-12,14-15,17H,4-9H2,1-3H3;2-3H2,1H3,(H2,5,6)/b13-10-,17-11?;/t14?,15-;/m1./s1. The van der Waals surface area contributed by atoms with Gasteiger partial charge in [-0.3, -0.25) is 4.79 Å². The number of amides is 1. The van der Waals surface area contributed by atoms with Crippen LogP contribution in [0.1, 0.15) is 79.1 Å². The minimum absolute atomic E-state index is 0.0612. The van der Waals surface area contributed by atoms with E-state index in [1.165, 1.54) is 18.7 Å². The van der Waals surface area contributed by atoms with Crippen molar-refractivity contribution in [3.8, 4) is 0 Å². The van der Waals surface area contributed by atoms with E-state index in [1.54, 1.807) is 0 Å². The smallest absolute Gasteiger partial charge is 0.331 e. The van der Waals surface area contributed by atoms with E-state index < -0.39 is 0 Å². The number of hydrogen-bond acceptors (Lipinski definition) is 4. The van der Waals surface area contributed by atoms with Gasteiger partial charge in [0.2, 0.25) is 5.91 Å². The van der Waals surface area contributed by atoms with E-state index in [-0.39, 0.29) is 18.0 Å². The molecule has 144 valence electrons. The van der Waals surface area contributed by atoms with Crippen molar-refractivity contribution in [3.63, 3.8) is 0 Å². The molecule has 5 heteroatoms. The molecule has 1 rings (SSSR count). The van der Waals surface area contributed by atoms with Crippen molar-refractivity contribution < 1.29 is 14.3 Å². The van der Waals surface area contributed by atoms with Crippen LogP contribution in [0.2, 0.25) is 0 Å². The first-order chi connectivity index (χ1) is 11.8. The van der Waals surface area contributed by atoms with Crippen molar-refractivity contribution in [2.24, 2.45) is 17.6 Å². The van der Waals surface area contributed by atoms with Crippen molar-refractivity contribution in [3.05, 3.63) is 11.6 Å². The number of carbonyl (C=O) groups excluding carboxylic acids is 2. The van der Waals surface area contributed by atoms with Crippen LogP contribution in [0.3, 0.4) is 0 Å². The molecule has 1 fully saturated rings. The molecule has 1 aliphatic rings. The summed E-state index contributed by atoms with van der Waals surface area (Å²) >= 11 is 0. The SMILES string of the molecule is CCC/C(C=N)=C/C(=O)O[C@@H]1CCCCC1C(C)C.CCCC(N)=O. The molecule has 0 aromatic carbocycles. The average Bonchev–Trinajstić information content (AvgIpc) is 2.55. The topological polar surface area (TPSA) is 93.2 Å². The summed E-state index contributed by atoms with van der Waals surface area (Å²) in [6, 6.07) is 0. The first-order valence-corrected chi connectivity index (χ1v) is 9.55. The maximum absolute atomic E-state index is 11.9. The van der Waals surface area contributed by atoms with Gasteiger partial charge in [-0.05, 0) is 49.5 Å². The molecule has 0 spiro atoms. The molecule has 0 radical (unpaired) electrons. The Labute approximate surface area is 152 Å². The van der Waals surface area contributed by atoms with Crippen LogP contribution in [0.4, 0.5) is 0 Å². The molecule has 5 nitrogen and oxygen atoms in total. The summed E-state index contributed by atoms with van der Waals surface area (Å²) < 4.78 is 5.63. The van der Waals surface area contributed by atoms with Gasteiger partial charge in [-0.1, -0.05) is 40.5 Å². The lowest BCUT2D eigenvalue weighted by Crippen LogP contribution is -2.32. The summed E-state index contributed by atoms with van der Waals surface area (Å²) in [6.07, 6.45) is 10.4. The second kappa shape index (κ2) is 13.6. The van der Waals surface area contributed by atoms with Crippen LogP contribution in [-0.2, 0) is 14.3 Å². The highest BCUT2D eigenvalue weighted by Crippen LogP contribution is 2.32. The zero-order valence-corrected chi connectivity index (χ0v) is 16.3. The van der Waals surface area contributed by atoms with E-state index in [0.29, 0.717) is 18.3 Å². The van der Waals surface area contributed by atoms with Gasteiger partial charge in [-0.15, -0.1) is 0 Å². The van der Waals surface area contributed by atoms with Crippen molar-refractivity contribution in [2.45, 2.75) is 85.2 Å². The highest BCUT2D eigenvalue weighted by molar-refractivity contribution is 5.90. The Morgan fingerprint density at radius 2 is 1.76 bits per heavy atom. The normalized spacial score (nSPS) is 20.4. The fourth-order valence-electron chi connectivity index (χ4n) is 3.09. The van der Waals surface area contributed by atoms with Crippen LogP contribution in [0.15, 0.2) is 11.6 Å². The van der Waals surface area contributed by atoms with Gasteiger partial charge < -0.3 is 15.9 Å². The zero-order chi connectivity index (χ0) is 19.2. The van der Waals surface area contributed by atoms with Gasteiger partial charge in [0.25, 0.3) is 0 Å². The highest BCUT2D eigenvalue weighted by Gasteiger charge is 2.30. The molecule has 25 heavy (non-hydrogen) atoms. The lowest BCUT2D eigenvalue weighted by atomic mass is 9.79. The van der Waals surface area contributed by atoms with Crippen molar-refractivity contribution in [2.75, 3.05) is 0 Å². The van der Waals surface area contributed by atoms with E-state index >= 15 is 0 Å². The molecule has 1 amide bonds. The maximum atomic E-state index is 11.9. The van der Waals surface area contributed by atoms with E-state index in [4.69, 9.17) is 15.9 Å². The maximum Gasteiger partial charge on any atom is 0.331 e. The Bertz CT molecular complexity index is 444. The number of rotatable bonds is 8. The third-order valence-corrected chi connectivity index (χ3v) is 4.40. The molecule has 0 heterocycles. The molecule has 0 aromatic rings. The Morgan fingerprint density at radius 3 is 2.20 bits per heavy atom. The number of nitrogens with one attached hydrogen (secondary N) is 1. The van der Waals surface area contributed by atoms with Gasteiger partial charge in [-0.2, -0.15) is 0 Å². The van der Waals surface area contributed by atoms with Crippen LogP contribution in [-0.4, -0.2) is 24.2 Å². The van der Waals surface area contributed by atoms with Gasteiger partial charge in [0, 0.05) is 18.7 Å². The second-order valence-corrected chi connectivity index (χ2v) is 7.00. The molecule has 1 saturated carbocycles. The van der Waals surface area contributed by atoms with E-state index in [9.17, 15) is 9.59 Å². The number of allylic oxidation sites excluding steroid dienone is 1. The summed E-state index contributed by atoms with van der Waals surface area (Å²) in [5, 5.41) is 7.28. The predicted octanol–water partition coefficient (Wildman–Crippen LogP) is 4.39. The van der Waals surface area contributed by atoms with E-state index in [2.05, 4.69) is 13.8 Å². The molecule has 0 bridgehead atoms. The summed E-state index contributed by atoms with van der Waals surface area (Å²) in [5.41, 5.74) is 5.52. The summed E-state index contributed by atoms with van der Waals surface area (Å²) in [7, 11) is 0. The van der Waals surface area contributed by atoms with Crippen molar-refractivity contribution in [1.82, 2.24) is 0 Å². The van der Waals surface area contributed by atoms with Crippen molar-refractivity contribution in [1.29, 1.82) is 5.41 Å². The Hall–Kier alpha value is -1.65. The van der Waals surface area contributed by atoms with E-state index in [1.807, 2.05) is 13.8 Å². The second-order valence-electron chi connectivity index (χ2n) is 7.00. The molecule has 0 saturated heterocycles. The first-order valence-electron chi connectivity index (χ1n) is 9.55. The average molecular weight is 353 g/mol. The Balaban J connectivity index is 0.000000823. The zero-order valence-electron chi connectivity index (χ0n) is 16.3. The van der Waals surface area contributed by atoms with Crippen LogP contribution >= 0.6 is 0 Å². The number of ether oxygens (including phenoxy) is 1. The fourth-order valence-corrected chi connectivity index (χ4v) is 3.09. The van der Waals surface area contributed by atoms with Gasteiger partial charge in [0.1, 0.15) is 6.10 Å². The molecule has 3 N–H and O–H groups in total. The Morgan fingerprint density at radius 1 is 1.16 bits per heavy atom. The summed E-state index contributed by atoms with van der Waals surface area (Å²) in [4.78, 5) is 21.7. The van der Waals surface area contributed by atoms with Crippen LogP contribution < -0.4 is 5.73 Å². The number of primary amides is 1. The van der Waals surface area contributed by atoms with Gasteiger partial charge in [-0.25, -0.2) is 4.79 Å².